The third-order valence-corrected chi connectivity index (χ3v) is 2.54. The number of carbonyl (C=O) groups is 1. The lowest BCUT2D eigenvalue weighted by Gasteiger charge is -2.15. The van der Waals surface area contributed by atoms with Crippen LogP contribution in [0.4, 0.5) is 0 Å². The van der Waals surface area contributed by atoms with Crippen molar-refractivity contribution in [1.82, 2.24) is 0 Å². The molecule has 0 aliphatic carbocycles. The molecule has 94 valence electrons. The van der Waals surface area contributed by atoms with Crippen molar-refractivity contribution in [2.75, 3.05) is 19.8 Å². The second-order valence-corrected chi connectivity index (χ2v) is 3.87. The quantitative estimate of drug-likeness (QED) is 0.712. The largest absolute Gasteiger partial charge is 0.465 e. The number of esters is 1. The van der Waals surface area contributed by atoms with Crippen LogP contribution in [0, 0.1) is 6.92 Å². The molecular weight excluding hydrogens is 216 g/mol. The van der Waals surface area contributed by atoms with Crippen LogP contribution >= 0.6 is 0 Å². The van der Waals surface area contributed by atoms with Crippen molar-refractivity contribution in [3.05, 3.63) is 35.4 Å². The number of hydrogen-bond donors (Lipinski definition) is 0. The van der Waals surface area contributed by atoms with Crippen molar-refractivity contribution < 1.29 is 14.3 Å². The van der Waals surface area contributed by atoms with Crippen LogP contribution in [0.1, 0.15) is 30.9 Å². The smallest absolute Gasteiger partial charge is 0.315 e. The minimum atomic E-state index is -0.324. The first-order valence-corrected chi connectivity index (χ1v) is 6.00. The zero-order valence-electron chi connectivity index (χ0n) is 10.7. The maximum Gasteiger partial charge on any atom is 0.315 e. The van der Waals surface area contributed by atoms with E-state index < -0.39 is 0 Å². The van der Waals surface area contributed by atoms with Gasteiger partial charge >= 0.3 is 5.97 Å². The van der Waals surface area contributed by atoms with Crippen LogP contribution in [0.5, 0.6) is 0 Å². The molecule has 3 nitrogen and oxygen atoms in total. The first-order chi connectivity index (χ1) is 8.19. The number of aryl methyl sites for hydroxylation is 1. The van der Waals surface area contributed by atoms with E-state index in [0.717, 1.165) is 5.56 Å². The van der Waals surface area contributed by atoms with Crippen LogP contribution < -0.4 is 0 Å². The molecular formula is C14H20O3. The number of carbonyl (C=O) groups excluding carboxylic acids is 1. The van der Waals surface area contributed by atoms with Crippen LogP contribution in [-0.2, 0) is 14.3 Å². The summed E-state index contributed by atoms with van der Waals surface area (Å²) in [5.74, 6) is -0.541. The van der Waals surface area contributed by atoms with Crippen molar-refractivity contribution in [1.29, 1.82) is 0 Å². The summed E-state index contributed by atoms with van der Waals surface area (Å²) < 4.78 is 10.4. The Labute approximate surface area is 103 Å². The average Bonchev–Trinajstić information content (AvgIpc) is 2.32. The Morgan fingerprint density at radius 3 is 2.35 bits per heavy atom. The molecule has 0 aliphatic rings. The van der Waals surface area contributed by atoms with E-state index in [-0.39, 0.29) is 11.9 Å². The SMILES string of the molecule is CCOCC(C(=O)OCC)c1ccc(C)cc1. The van der Waals surface area contributed by atoms with Gasteiger partial charge in [0.1, 0.15) is 5.92 Å². The molecule has 0 saturated heterocycles. The number of benzene rings is 1. The molecule has 0 N–H and O–H groups in total. The van der Waals surface area contributed by atoms with E-state index in [1.54, 1.807) is 0 Å². The fraction of sp³-hybridized carbons (Fsp3) is 0.500. The standard InChI is InChI=1S/C14H20O3/c1-4-16-10-13(14(15)17-5-2)12-8-6-11(3)7-9-12/h6-9,13H,4-5,10H2,1-3H3. The highest BCUT2D eigenvalue weighted by Gasteiger charge is 2.21. The second kappa shape index (κ2) is 7.07. The van der Waals surface area contributed by atoms with E-state index in [4.69, 9.17) is 9.47 Å². The van der Waals surface area contributed by atoms with Gasteiger partial charge in [0.05, 0.1) is 13.2 Å². The molecule has 0 radical (unpaired) electrons. The van der Waals surface area contributed by atoms with Crippen molar-refractivity contribution in [3.8, 4) is 0 Å². The summed E-state index contributed by atoms with van der Waals surface area (Å²) in [6.07, 6.45) is 0. The Morgan fingerprint density at radius 2 is 1.82 bits per heavy atom. The first kappa shape index (κ1) is 13.7. The normalized spacial score (nSPS) is 12.2. The first-order valence-electron chi connectivity index (χ1n) is 6.00. The highest BCUT2D eigenvalue weighted by atomic mass is 16.5. The summed E-state index contributed by atoms with van der Waals surface area (Å²) in [5, 5.41) is 0. The van der Waals surface area contributed by atoms with Gasteiger partial charge in [-0.3, -0.25) is 4.79 Å². The fourth-order valence-corrected chi connectivity index (χ4v) is 1.58. The van der Waals surface area contributed by atoms with Gasteiger partial charge in [-0.25, -0.2) is 0 Å². The van der Waals surface area contributed by atoms with Gasteiger partial charge in [-0.05, 0) is 26.3 Å². The summed E-state index contributed by atoms with van der Waals surface area (Å²) in [5.41, 5.74) is 2.12. The summed E-state index contributed by atoms with van der Waals surface area (Å²) >= 11 is 0. The van der Waals surface area contributed by atoms with Crippen molar-refractivity contribution >= 4 is 5.97 Å². The van der Waals surface area contributed by atoms with Gasteiger partial charge in [0, 0.05) is 6.61 Å². The molecule has 0 fully saturated rings. The number of hydrogen-bond acceptors (Lipinski definition) is 3. The predicted molar refractivity (Wildman–Crippen MR) is 67.0 cm³/mol. The molecule has 0 aromatic heterocycles. The maximum atomic E-state index is 11.8. The Balaban J connectivity index is 2.81. The molecule has 0 bridgehead atoms. The third-order valence-electron chi connectivity index (χ3n) is 2.54. The van der Waals surface area contributed by atoms with Crippen LogP contribution in [0.25, 0.3) is 0 Å². The zero-order chi connectivity index (χ0) is 12.7. The Morgan fingerprint density at radius 1 is 1.18 bits per heavy atom. The van der Waals surface area contributed by atoms with Crippen LogP contribution in [0.3, 0.4) is 0 Å². The van der Waals surface area contributed by atoms with Gasteiger partial charge in [0.15, 0.2) is 0 Å². The van der Waals surface area contributed by atoms with Crippen molar-refractivity contribution in [2.45, 2.75) is 26.7 Å². The summed E-state index contributed by atoms with van der Waals surface area (Å²) in [4.78, 5) is 11.8. The second-order valence-electron chi connectivity index (χ2n) is 3.87. The monoisotopic (exact) mass is 236 g/mol. The number of rotatable bonds is 6. The van der Waals surface area contributed by atoms with Gasteiger partial charge in [-0.1, -0.05) is 29.8 Å². The van der Waals surface area contributed by atoms with E-state index in [9.17, 15) is 4.79 Å². The molecule has 17 heavy (non-hydrogen) atoms. The minimum Gasteiger partial charge on any atom is -0.465 e. The highest BCUT2D eigenvalue weighted by Crippen LogP contribution is 2.18. The van der Waals surface area contributed by atoms with Crippen molar-refractivity contribution in [2.24, 2.45) is 0 Å². The summed E-state index contributed by atoms with van der Waals surface area (Å²) in [6.45, 7) is 7.11. The van der Waals surface area contributed by atoms with Gasteiger partial charge in [0.25, 0.3) is 0 Å². The van der Waals surface area contributed by atoms with Crippen LogP contribution in [0.15, 0.2) is 24.3 Å². The fourth-order valence-electron chi connectivity index (χ4n) is 1.58. The van der Waals surface area contributed by atoms with E-state index in [2.05, 4.69) is 0 Å². The topological polar surface area (TPSA) is 35.5 Å². The van der Waals surface area contributed by atoms with Gasteiger partial charge in [-0.2, -0.15) is 0 Å². The molecule has 3 heteroatoms. The van der Waals surface area contributed by atoms with Crippen molar-refractivity contribution in [3.63, 3.8) is 0 Å². The minimum absolute atomic E-state index is 0.218. The lowest BCUT2D eigenvalue weighted by Crippen LogP contribution is -2.21. The van der Waals surface area contributed by atoms with Gasteiger partial charge in [0.2, 0.25) is 0 Å². The van der Waals surface area contributed by atoms with E-state index in [1.807, 2.05) is 45.0 Å². The molecule has 1 atom stereocenters. The molecule has 1 aromatic carbocycles. The van der Waals surface area contributed by atoms with Crippen LogP contribution in [-0.4, -0.2) is 25.8 Å². The molecule has 0 spiro atoms. The van der Waals surface area contributed by atoms with E-state index in [0.29, 0.717) is 19.8 Å². The molecule has 1 unspecified atom stereocenters. The summed E-state index contributed by atoms with van der Waals surface area (Å²) in [6, 6.07) is 7.90. The third kappa shape index (κ3) is 4.19. The maximum absolute atomic E-state index is 11.8. The van der Waals surface area contributed by atoms with E-state index >= 15 is 0 Å². The lowest BCUT2D eigenvalue weighted by molar-refractivity contribution is -0.146. The Kier molecular flexibility index (Phi) is 5.70. The van der Waals surface area contributed by atoms with Crippen LogP contribution in [0.2, 0.25) is 0 Å². The average molecular weight is 236 g/mol. The van der Waals surface area contributed by atoms with Gasteiger partial charge in [-0.15, -0.1) is 0 Å². The molecule has 0 aliphatic heterocycles. The Bertz CT molecular complexity index is 343. The zero-order valence-corrected chi connectivity index (χ0v) is 10.7. The molecule has 0 heterocycles. The van der Waals surface area contributed by atoms with E-state index in [1.165, 1.54) is 5.56 Å². The van der Waals surface area contributed by atoms with Gasteiger partial charge < -0.3 is 9.47 Å². The highest BCUT2D eigenvalue weighted by molar-refractivity contribution is 5.78. The number of ether oxygens (including phenoxy) is 2. The predicted octanol–water partition coefficient (Wildman–Crippen LogP) is 2.68. The molecule has 1 aromatic rings. The molecule has 0 amide bonds. The Hall–Kier alpha value is -1.35. The summed E-state index contributed by atoms with van der Waals surface area (Å²) in [7, 11) is 0. The molecule has 0 saturated carbocycles. The lowest BCUT2D eigenvalue weighted by atomic mass is 9.99. The molecule has 1 rings (SSSR count).